The summed E-state index contributed by atoms with van der Waals surface area (Å²) in [5.74, 6) is 0.418. The van der Waals surface area contributed by atoms with Crippen molar-refractivity contribution in [2.24, 2.45) is 5.92 Å². The molecule has 1 aliphatic heterocycles. The highest BCUT2D eigenvalue weighted by atomic mass is 16.5. The van der Waals surface area contributed by atoms with Crippen LogP contribution < -0.4 is 5.32 Å². The fourth-order valence-corrected chi connectivity index (χ4v) is 2.46. The maximum absolute atomic E-state index is 12.4. The molecule has 1 N–H and O–H groups in total. The van der Waals surface area contributed by atoms with Crippen molar-refractivity contribution in [3.63, 3.8) is 0 Å². The summed E-state index contributed by atoms with van der Waals surface area (Å²) < 4.78 is 5.13. The molecule has 1 aliphatic rings. The molecule has 0 aromatic carbocycles. The second-order valence-corrected chi connectivity index (χ2v) is 5.01. The molecule has 1 rings (SSSR count). The Kier molecular flexibility index (Phi) is 5.92. The van der Waals surface area contributed by atoms with E-state index >= 15 is 0 Å². The normalized spacial score (nSPS) is 26.6. The molecule has 0 aliphatic carbocycles. The summed E-state index contributed by atoms with van der Waals surface area (Å²) >= 11 is 0. The van der Waals surface area contributed by atoms with Crippen molar-refractivity contribution in [1.82, 2.24) is 10.2 Å². The molecule has 1 heterocycles. The number of rotatable bonds is 5. The smallest absolute Gasteiger partial charge is 0.227 e. The summed E-state index contributed by atoms with van der Waals surface area (Å²) in [5.41, 5.74) is 0. The Morgan fingerprint density at radius 2 is 2.24 bits per heavy atom. The molecule has 0 spiro atoms. The molecular formula is C13H26N2O2. The minimum atomic E-state index is 0.144. The third-order valence-corrected chi connectivity index (χ3v) is 3.57. The van der Waals surface area contributed by atoms with E-state index in [0.29, 0.717) is 12.6 Å². The molecule has 1 fully saturated rings. The topological polar surface area (TPSA) is 41.6 Å². The molecule has 1 saturated heterocycles. The molecule has 0 aromatic heterocycles. The first-order chi connectivity index (χ1) is 8.10. The molecule has 0 radical (unpaired) electrons. The summed E-state index contributed by atoms with van der Waals surface area (Å²) in [6.07, 6.45) is 2.09. The quantitative estimate of drug-likeness (QED) is 0.789. The van der Waals surface area contributed by atoms with Crippen LogP contribution >= 0.6 is 0 Å². The maximum Gasteiger partial charge on any atom is 0.227 e. The van der Waals surface area contributed by atoms with Gasteiger partial charge >= 0.3 is 0 Å². The molecule has 4 nitrogen and oxygen atoms in total. The Bertz CT molecular complexity index is 238. The summed E-state index contributed by atoms with van der Waals surface area (Å²) in [6, 6.07) is 0.711. The van der Waals surface area contributed by atoms with Crippen molar-refractivity contribution < 1.29 is 9.53 Å². The van der Waals surface area contributed by atoms with Gasteiger partial charge in [-0.15, -0.1) is 0 Å². The van der Waals surface area contributed by atoms with Crippen molar-refractivity contribution in [1.29, 1.82) is 0 Å². The molecule has 3 atom stereocenters. The average Bonchev–Trinajstić information content (AvgIpc) is 2.31. The lowest BCUT2D eigenvalue weighted by atomic mass is 9.94. The van der Waals surface area contributed by atoms with Gasteiger partial charge in [0, 0.05) is 26.2 Å². The van der Waals surface area contributed by atoms with Gasteiger partial charge in [-0.2, -0.15) is 0 Å². The standard InChI is InChI=1S/C13H26N2O2/c1-5-15(11(3)9-17-4)13(16)12-7-6-10(2)14-8-12/h10-12,14H,5-9H2,1-4H3. The lowest BCUT2D eigenvalue weighted by Gasteiger charge is -2.34. The van der Waals surface area contributed by atoms with Gasteiger partial charge in [-0.3, -0.25) is 4.79 Å². The Labute approximate surface area is 105 Å². The van der Waals surface area contributed by atoms with Gasteiger partial charge < -0.3 is 15.0 Å². The predicted octanol–water partition coefficient (Wildman–Crippen LogP) is 1.26. The average molecular weight is 242 g/mol. The zero-order chi connectivity index (χ0) is 12.8. The monoisotopic (exact) mass is 242 g/mol. The number of hydrogen-bond acceptors (Lipinski definition) is 3. The molecule has 100 valence electrons. The summed E-state index contributed by atoms with van der Waals surface area (Å²) in [4.78, 5) is 14.3. The number of carbonyl (C=O) groups excluding carboxylic acids is 1. The van der Waals surface area contributed by atoms with Gasteiger partial charge in [-0.1, -0.05) is 0 Å². The first-order valence-corrected chi connectivity index (χ1v) is 6.62. The highest BCUT2D eigenvalue weighted by molar-refractivity contribution is 5.79. The molecule has 4 heteroatoms. The highest BCUT2D eigenvalue weighted by Gasteiger charge is 2.29. The third kappa shape index (κ3) is 3.96. The number of piperidine rings is 1. The van der Waals surface area contributed by atoms with Crippen LogP contribution in [0.1, 0.15) is 33.6 Å². The van der Waals surface area contributed by atoms with Crippen LogP contribution in [-0.2, 0) is 9.53 Å². The van der Waals surface area contributed by atoms with E-state index in [-0.39, 0.29) is 17.9 Å². The molecular weight excluding hydrogens is 216 g/mol. The van der Waals surface area contributed by atoms with Gasteiger partial charge in [-0.05, 0) is 33.6 Å². The zero-order valence-electron chi connectivity index (χ0n) is 11.5. The number of likely N-dealkylation sites (N-methyl/N-ethyl adjacent to an activating group) is 1. The Hall–Kier alpha value is -0.610. The lowest BCUT2D eigenvalue weighted by molar-refractivity contribution is -0.139. The molecule has 1 amide bonds. The van der Waals surface area contributed by atoms with Crippen LogP contribution in [0, 0.1) is 5.92 Å². The first kappa shape index (κ1) is 14.5. The van der Waals surface area contributed by atoms with Gasteiger partial charge in [0.2, 0.25) is 5.91 Å². The van der Waals surface area contributed by atoms with E-state index in [1.165, 1.54) is 0 Å². The predicted molar refractivity (Wildman–Crippen MR) is 68.9 cm³/mol. The van der Waals surface area contributed by atoms with Crippen molar-refractivity contribution in [2.75, 3.05) is 26.8 Å². The number of nitrogens with zero attached hydrogens (tertiary/aromatic N) is 1. The number of methoxy groups -OCH3 is 1. The third-order valence-electron chi connectivity index (χ3n) is 3.57. The van der Waals surface area contributed by atoms with Crippen LogP contribution in [0.3, 0.4) is 0 Å². The fraction of sp³-hybridized carbons (Fsp3) is 0.923. The number of ether oxygens (including phenoxy) is 1. The maximum atomic E-state index is 12.4. The van der Waals surface area contributed by atoms with Crippen LogP contribution in [0.5, 0.6) is 0 Å². The van der Waals surface area contributed by atoms with Gasteiger partial charge in [0.25, 0.3) is 0 Å². The molecule has 0 saturated carbocycles. The van der Waals surface area contributed by atoms with Gasteiger partial charge in [0.05, 0.1) is 18.6 Å². The van der Waals surface area contributed by atoms with E-state index in [2.05, 4.69) is 12.2 Å². The van der Waals surface area contributed by atoms with E-state index in [1.54, 1.807) is 7.11 Å². The number of nitrogens with one attached hydrogen (secondary N) is 1. The first-order valence-electron chi connectivity index (χ1n) is 6.62. The molecule has 17 heavy (non-hydrogen) atoms. The van der Waals surface area contributed by atoms with E-state index < -0.39 is 0 Å². The van der Waals surface area contributed by atoms with Crippen LogP contribution in [0.15, 0.2) is 0 Å². The van der Waals surface area contributed by atoms with Crippen molar-refractivity contribution in [2.45, 2.75) is 45.7 Å². The van der Waals surface area contributed by atoms with E-state index in [0.717, 1.165) is 25.9 Å². The van der Waals surface area contributed by atoms with Crippen LogP contribution in [-0.4, -0.2) is 49.7 Å². The van der Waals surface area contributed by atoms with Crippen LogP contribution in [0.4, 0.5) is 0 Å². The minimum absolute atomic E-state index is 0.144. The summed E-state index contributed by atoms with van der Waals surface area (Å²) in [5, 5.41) is 3.38. The fourth-order valence-electron chi connectivity index (χ4n) is 2.46. The highest BCUT2D eigenvalue weighted by Crippen LogP contribution is 2.18. The largest absolute Gasteiger partial charge is 0.383 e. The second kappa shape index (κ2) is 6.97. The van der Waals surface area contributed by atoms with Crippen molar-refractivity contribution >= 4 is 5.91 Å². The van der Waals surface area contributed by atoms with Crippen molar-refractivity contribution in [3.8, 4) is 0 Å². The SMILES string of the molecule is CCN(C(=O)C1CCC(C)NC1)C(C)COC. The lowest BCUT2D eigenvalue weighted by Crippen LogP contribution is -2.49. The number of carbonyl (C=O) groups is 1. The second-order valence-electron chi connectivity index (χ2n) is 5.01. The Morgan fingerprint density at radius 1 is 1.53 bits per heavy atom. The van der Waals surface area contributed by atoms with E-state index in [4.69, 9.17) is 4.74 Å². The van der Waals surface area contributed by atoms with E-state index in [1.807, 2.05) is 18.7 Å². The van der Waals surface area contributed by atoms with Crippen molar-refractivity contribution in [3.05, 3.63) is 0 Å². The van der Waals surface area contributed by atoms with Crippen LogP contribution in [0.2, 0.25) is 0 Å². The minimum Gasteiger partial charge on any atom is -0.383 e. The van der Waals surface area contributed by atoms with Gasteiger partial charge in [0.15, 0.2) is 0 Å². The molecule has 0 bridgehead atoms. The number of amides is 1. The summed E-state index contributed by atoms with van der Waals surface area (Å²) in [6.45, 7) is 8.43. The summed E-state index contributed by atoms with van der Waals surface area (Å²) in [7, 11) is 1.68. The van der Waals surface area contributed by atoms with Gasteiger partial charge in [-0.25, -0.2) is 0 Å². The Morgan fingerprint density at radius 3 is 2.71 bits per heavy atom. The molecule has 0 aromatic rings. The van der Waals surface area contributed by atoms with Gasteiger partial charge in [0.1, 0.15) is 0 Å². The van der Waals surface area contributed by atoms with Crippen LogP contribution in [0.25, 0.3) is 0 Å². The zero-order valence-corrected chi connectivity index (χ0v) is 11.5. The van der Waals surface area contributed by atoms with E-state index in [9.17, 15) is 4.79 Å². The number of hydrogen-bond donors (Lipinski definition) is 1. The Balaban J connectivity index is 2.53. The molecule has 3 unspecified atom stereocenters.